The summed E-state index contributed by atoms with van der Waals surface area (Å²) in [4.78, 5) is 18.3. The van der Waals surface area contributed by atoms with Gasteiger partial charge in [0.05, 0.1) is 16.7 Å². The third kappa shape index (κ3) is 3.88. The summed E-state index contributed by atoms with van der Waals surface area (Å²) >= 11 is 3.05. The quantitative estimate of drug-likeness (QED) is 0.806. The molecule has 2 rings (SSSR count). The predicted molar refractivity (Wildman–Crippen MR) is 83.4 cm³/mol. The van der Waals surface area contributed by atoms with Gasteiger partial charge in [-0.25, -0.2) is 4.98 Å². The van der Waals surface area contributed by atoms with Crippen molar-refractivity contribution in [3.8, 4) is 9.88 Å². The minimum atomic E-state index is -0.317. The van der Waals surface area contributed by atoms with Gasteiger partial charge in [0, 0.05) is 6.54 Å². The van der Waals surface area contributed by atoms with Gasteiger partial charge < -0.3 is 10.4 Å². The van der Waals surface area contributed by atoms with Crippen LogP contribution < -0.4 is 5.32 Å². The number of hydrogen-bond donors (Lipinski definition) is 2. The highest BCUT2D eigenvalue weighted by Gasteiger charge is 2.16. The molecule has 1 unspecified atom stereocenters. The molecule has 1 atom stereocenters. The second-order valence-electron chi connectivity index (χ2n) is 4.66. The number of thiophene rings is 1. The molecule has 0 fully saturated rings. The van der Waals surface area contributed by atoms with Crippen molar-refractivity contribution < 1.29 is 9.90 Å². The second-order valence-corrected chi connectivity index (χ2v) is 6.60. The normalized spacial score (nSPS) is 12.3. The van der Waals surface area contributed by atoms with Crippen LogP contribution in [0.5, 0.6) is 0 Å². The molecule has 0 bridgehead atoms. The number of amides is 1. The van der Waals surface area contributed by atoms with E-state index < -0.39 is 0 Å². The van der Waals surface area contributed by atoms with E-state index >= 15 is 0 Å². The van der Waals surface area contributed by atoms with Crippen molar-refractivity contribution in [3.63, 3.8) is 0 Å². The molecule has 2 aromatic rings. The van der Waals surface area contributed by atoms with Crippen LogP contribution in [0.1, 0.15) is 35.1 Å². The Morgan fingerprint density at radius 3 is 3.00 bits per heavy atom. The molecule has 2 aromatic heterocycles. The van der Waals surface area contributed by atoms with Crippen LogP contribution in [0.3, 0.4) is 0 Å². The largest absolute Gasteiger partial charge is 0.393 e. The average molecular weight is 310 g/mol. The number of thiazole rings is 1. The van der Waals surface area contributed by atoms with Crippen LogP contribution in [0, 0.1) is 6.92 Å². The highest BCUT2D eigenvalue weighted by atomic mass is 32.1. The molecular formula is C14H18N2O2S2. The van der Waals surface area contributed by atoms with E-state index in [0.717, 1.165) is 22.0 Å². The zero-order valence-electron chi connectivity index (χ0n) is 11.5. The molecule has 1 amide bonds. The highest BCUT2D eigenvalue weighted by Crippen LogP contribution is 2.30. The van der Waals surface area contributed by atoms with Crippen molar-refractivity contribution in [1.82, 2.24) is 10.3 Å². The fourth-order valence-electron chi connectivity index (χ4n) is 1.79. The lowest BCUT2D eigenvalue weighted by Crippen LogP contribution is -2.24. The third-order valence-corrected chi connectivity index (χ3v) is 5.01. The monoisotopic (exact) mass is 310 g/mol. The van der Waals surface area contributed by atoms with E-state index in [4.69, 9.17) is 5.11 Å². The number of aryl methyl sites for hydroxylation is 1. The summed E-state index contributed by atoms with van der Waals surface area (Å²) in [5.74, 6) is -0.0756. The number of carbonyl (C=O) groups excluding carboxylic acids is 1. The molecule has 108 valence electrons. The Kier molecular flexibility index (Phi) is 5.28. The number of aromatic nitrogens is 1. The van der Waals surface area contributed by atoms with Gasteiger partial charge in [-0.1, -0.05) is 6.07 Å². The lowest BCUT2D eigenvalue weighted by atomic mass is 10.2. The van der Waals surface area contributed by atoms with Crippen LogP contribution in [-0.2, 0) is 0 Å². The van der Waals surface area contributed by atoms with E-state index in [0.29, 0.717) is 17.8 Å². The van der Waals surface area contributed by atoms with E-state index in [9.17, 15) is 4.79 Å². The fraction of sp³-hybridized carbons (Fsp3) is 0.429. The average Bonchev–Trinajstić information content (AvgIpc) is 3.02. The van der Waals surface area contributed by atoms with Crippen molar-refractivity contribution in [2.24, 2.45) is 0 Å². The summed E-state index contributed by atoms with van der Waals surface area (Å²) in [5.41, 5.74) is 0.770. The Bertz CT molecular complexity index is 562. The van der Waals surface area contributed by atoms with Crippen LogP contribution in [0.4, 0.5) is 0 Å². The summed E-state index contributed by atoms with van der Waals surface area (Å²) in [5, 5.41) is 14.9. The standard InChI is InChI=1S/C14H18N2O2S2/c1-9(17)5-3-7-15-13(18)12-10(2)16-14(20-12)11-6-4-8-19-11/h4,6,8-9,17H,3,5,7H2,1-2H3,(H,15,18). The van der Waals surface area contributed by atoms with E-state index in [1.54, 1.807) is 18.3 Å². The van der Waals surface area contributed by atoms with Gasteiger partial charge in [-0.2, -0.15) is 0 Å². The first-order valence-electron chi connectivity index (χ1n) is 6.55. The first-order valence-corrected chi connectivity index (χ1v) is 8.25. The Balaban J connectivity index is 1.96. The zero-order valence-corrected chi connectivity index (χ0v) is 13.2. The van der Waals surface area contributed by atoms with E-state index in [1.165, 1.54) is 11.3 Å². The number of nitrogens with zero attached hydrogens (tertiary/aromatic N) is 1. The molecule has 4 nitrogen and oxygen atoms in total. The number of carbonyl (C=O) groups is 1. The molecule has 0 aliphatic rings. The molecule has 0 radical (unpaired) electrons. The van der Waals surface area contributed by atoms with Crippen LogP contribution in [0.2, 0.25) is 0 Å². The molecule has 0 saturated heterocycles. The molecule has 0 spiro atoms. The number of hydrogen-bond acceptors (Lipinski definition) is 5. The highest BCUT2D eigenvalue weighted by molar-refractivity contribution is 7.22. The lowest BCUT2D eigenvalue weighted by Gasteiger charge is -2.05. The molecule has 6 heteroatoms. The van der Waals surface area contributed by atoms with Gasteiger partial charge in [-0.15, -0.1) is 22.7 Å². The Labute approximate surface area is 126 Å². The van der Waals surface area contributed by atoms with Crippen molar-refractivity contribution >= 4 is 28.6 Å². The summed E-state index contributed by atoms with van der Waals surface area (Å²) in [6.45, 7) is 4.19. The summed E-state index contributed by atoms with van der Waals surface area (Å²) in [6, 6.07) is 3.99. The van der Waals surface area contributed by atoms with Crippen LogP contribution >= 0.6 is 22.7 Å². The van der Waals surface area contributed by atoms with Gasteiger partial charge >= 0.3 is 0 Å². The number of aliphatic hydroxyl groups excluding tert-OH is 1. The number of rotatable bonds is 6. The van der Waals surface area contributed by atoms with Gasteiger partial charge in [0.15, 0.2) is 0 Å². The van der Waals surface area contributed by atoms with Crippen molar-refractivity contribution in [2.45, 2.75) is 32.8 Å². The molecule has 20 heavy (non-hydrogen) atoms. The number of aliphatic hydroxyl groups is 1. The maximum absolute atomic E-state index is 12.1. The van der Waals surface area contributed by atoms with Gasteiger partial charge in [-0.05, 0) is 38.1 Å². The smallest absolute Gasteiger partial charge is 0.263 e. The maximum atomic E-state index is 12.1. The Morgan fingerprint density at radius 1 is 1.55 bits per heavy atom. The van der Waals surface area contributed by atoms with Crippen LogP contribution in [-0.4, -0.2) is 28.6 Å². The summed E-state index contributed by atoms with van der Waals surface area (Å²) in [7, 11) is 0. The SMILES string of the molecule is Cc1nc(-c2cccs2)sc1C(=O)NCCCC(C)O. The van der Waals surface area contributed by atoms with Crippen LogP contribution in [0.25, 0.3) is 9.88 Å². The van der Waals surface area contributed by atoms with Crippen molar-refractivity contribution in [2.75, 3.05) is 6.54 Å². The van der Waals surface area contributed by atoms with Crippen LogP contribution in [0.15, 0.2) is 17.5 Å². The first-order chi connectivity index (χ1) is 9.58. The van der Waals surface area contributed by atoms with E-state index in [1.807, 2.05) is 24.4 Å². The number of nitrogens with one attached hydrogen (secondary N) is 1. The van der Waals surface area contributed by atoms with Crippen molar-refractivity contribution in [1.29, 1.82) is 0 Å². The molecule has 0 aliphatic carbocycles. The summed E-state index contributed by atoms with van der Waals surface area (Å²) in [6.07, 6.45) is 1.16. The molecule has 2 heterocycles. The summed E-state index contributed by atoms with van der Waals surface area (Å²) < 4.78 is 0. The maximum Gasteiger partial charge on any atom is 0.263 e. The predicted octanol–water partition coefficient (Wildman–Crippen LogP) is 3.07. The van der Waals surface area contributed by atoms with Gasteiger partial charge in [0.25, 0.3) is 5.91 Å². The lowest BCUT2D eigenvalue weighted by molar-refractivity contribution is 0.0953. The minimum absolute atomic E-state index is 0.0756. The first kappa shape index (κ1) is 15.2. The van der Waals surface area contributed by atoms with E-state index in [-0.39, 0.29) is 12.0 Å². The third-order valence-electron chi connectivity index (χ3n) is 2.82. The molecule has 0 saturated carbocycles. The molecule has 2 N–H and O–H groups in total. The minimum Gasteiger partial charge on any atom is -0.393 e. The molecular weight excluding hydrogens is 292 g/mol. The van der Waals surface area contributed by atoms with Gasteiger partial charge in [-0.3, -0.25) is 4.79 Å². The van der Waals surface area contributed by atoms with Gasteiger partial charge in [0.2, 0.25) is 0 Å². The second kappa shape index (κ2) is 6.97. The van der Waals surface area contributed by atoms with Crippen molar-refractivity contribution in [3.05, 3.63) is 28.1 Å². The topological polar surface area (TPSA) is 62.2 Å². The fourth-order valence-corrected chi connectivity index (χ4v) is 3.57. The van der Waals surface area contributed by atoms with Gasteiger partial charge in [0.1, 0.15) is 9.88 Å². The van der Waals surface area contributed by atoms with E-state index in [2.05, 4.69) is 10.3 Å². The zero-order chi connectivity index (χ0) is 14.5. The molecule has 0 aliphatic heterocycles. The Morgan fingerprint density at radius 2 is 2.35 bits per heavy atom. The molecule has 0 aromatic carbocycles. The Hall–Kier alpha value is -1.24.